The van der Waals surface area contributed by atoms with E-state index in [0.29, 0.717) is 5.56 Å². The molecule has 0 amide bonds. The van der Waals surface area contributed by atoms with Gasteiger partial charge in [-0.3, -0.25) is 0 Å². The molecule has 1 fully saturated rings. The number of hydrogen-bond acceptors (Lipinski definition) is 4. The van der Waals surface area contributed by atoms with E-state index in [-0.39, 0.29) is 5.97 Å². The van der Waals surface area contributed by atoms with Gasteiger partial charge in [-0.2, -0.15) is 0 Å². The maximum Gasteiger partial charge on any atom is 0.337 e. The zero-order chi connectivity index (χ0) is 22.9. The first-order chi connectivity index (χ1) is 16.2. The third-order valence-electron chi connectivity index (χ3n) is 6.00. The number of carbonyl (C=O) groups is 1. The van der Waals surface area contributed by atoms with Crippen molar-refractivity contribution in [3.05, 3.63) is 102 Å². The van der Waals surface area contributed by atoms with Crippen molar-refractivity contribution in [1.29, 1.82) is 0 Å². The van der Waals surface area contributed by atoms with Crippen molar-refractivity contribution >= 4 is 17.5 Å². The summed E-state index contributed by atoms with van der Waals surface area (Å²) in [6, 6.07) is 28.3. The Kier molecular flexibility index (Phi) is 7.88. The van der Waals surface area contributed by atoms with Gasteiger partial charge in [0.25, 0.3) is 0 Å². The molecule has 0 atom stereocenters. The van der Waals surface area contributed by atoms with Crippen LogP contribution in [0.3, 0.4) is 0 Å². The van der Waals surface area contributed by atoms with Crippen molar-refractivity contribution in [2.24, 2.45) is 4.99 Å². The Morgan fingerprint density at radius 2 is 1.48 bits per heavy atom. The largest absolute Gasteiger partial charge is 0.465 e. The van der Waals surface area contributed by atoms with Gasteiger partial charge in [0.15, 0.2) is 0 Å². The minimum Gasteiger partial charge on any atom is -0.465 e. The third kappa shape index (κ3) is 6.30. The minimum atomic E-state index is -0.327. The molecule has 1 aliphatic heterocycles. The van der Waals surface area contributed by atoms with Crippen molar-refractivity contribution in [3.8, 4) is 0 Å². The number of para-hydroxylation sites is 1. The van der Waals surface area contributed by atoms with E-state index >= 15 is 0 Å². The molecule has 170 valence electrons. The van der Waals surface area contributed by atoms with Crippen LogP contribution in [0, 0.1) is 0 Å². The summed E-state index contributed by atoms with van der Waals surface area (Å²) in [6.07, 6.45) is 2.16. The molecule has 33 heavy (non-hydrogen) atoms. The highest BCUT2D eigenvalue weighted by atomic mass is 16.5. The molecule has 1 aliphatic rings. The zero-order valence-corrected chi connectivity index (χ0v) is 19.2. The Bertz CT molecular complexity index is 1050. The van der Waals surface area contributed by atoms with Gasteiger partial charge in [-0.25, -0.2) is 9.79 Å². The van der Waals surface area contributed by atoms with Gasteiger partial charge >= 0.3 is 5.97 Å². The van der Waals surface area contributed by atoms with Crippen LogP contribution in [-0.2, 0) is 11.2 Å². The van der Waals surface area contributed by atoms with Crippen molar-refractivity contribution in [3.63, 3.8) is 0 Å². The molecule has 0 aliphatic carbocycles. The lowest BCUT2D eigenvalue weighted by Crippen LogP contribution is -2.36. The summed E-state index contributed by atoms with van der Waals surface area (Å²) in [5.74, 6) is 0.620. The van der Waals surface area contributed by atoms with Gasteiger partial charge in [0, 0.05) is 31.7 Å². The fourth-order valence-electron chi connectivity index (χ4n) is 4.15. The van der Waals surface area contributed by atoms with Crippen molar-refractivity contribution in [2.45, 2.75) is 12.8 Å². The van der Waals surface area contributed by atoms with Gasteiger partial charge in [-0.15, -0.1) is 0 Å². The van der Waals surface area contributed by atoms with Gasteiger partial charge in [0.1, 0.15) is 5.84 Å². The fraction of sp³-hybridized carbons (Fsp3) is 0.286. The quantitative estimate of drug-likeness (QED) is 0.313. The van der Waals surface area contributed by atoms with Crippen LogP contribution in [0.4, 0.5) is 5.69 Å². The Balaban J connectivity index is 1.51. The normalized spacial score (nSPS) is 15.2. The van der Waals surface area contributed by atoms with Crippen molar-refractivity contribution in [2.75, 3.05) is 39.8 Å². The number of rotatable bonds is 6. The molecule has 0 saturated carbocycles. The molecular weight excluding hydrogens is 410 g/mol. The lowest BCUT2D eigenvalue weighted by molar-refractivity contribution is 0.0600. The van der Waals surface area contributed by atoms with E-state index in [4.69, 9.17) is 9.73 Å². The summed E-state index contributed by atoms with van der Waals surface area (Å²) in [5.41, 5.74) is 3.86. The molecule has 0 radical (unpaired) electrons. The molecule has 5 nitrogen and oxygen atoms in total. The molecule has 1 heterocycles. The molecular formula is C28H31N3O2. The summed E-state index contributed by atoms with van der Waals surface area (Å²) in [6.45, 7) is 5.02. The second kappa shape index (κ2) is 11.4. The van der Waals surface area contributed by atoms with Crippen LogP contribution in [0.15, 0.2) is 89.9 Å². The Morgan fingerprint density at radius 1 is 0.818 bits per heavy atom. The van der Waals surface area contributed by atoms with Crippen LogP contribution in [0.25, 0.3) is 0 Å². The van der Waals surface area contributed by atoms with Gasteiger partial charge < -0.3 is 14.5 Å². The molecule has 3 aromatic carbocycles. The number of amidine groups is 1. The number of ether oxygens (including phenoxy) is 1. The van der Waals surface area contributed by atoms with Gasteiger partial charge in [0.05, 0.1) is 18.4 Å². The average molecular weight is 442 g/mol. The lowest BCUT2D eigenvalue weighted by atomic mass is 10.1. The number of hydrogen-bond donors (Lipinski definition) is 0. The smallest absolute Gasteiger partial charge is 0.337 e. The maximum absolute atomic E-state index is 11.9. The average Bonchev–Trinajstić information content (AvgIpc) is 3.12. The highest BCUT2D eigenvalue weighted by Gasteiger charge is 2.20. The highest BCUT2D eigenvalue weighted by Crippen LogP contribution is 2.18. The molecule has 0 aromatic heterocycles. The predicted octanol–water partition coefficient (Wildman–Crippen LogP) is 4.80. The Labute approximate surface area is 196 Å². The number of nitrogens with zero attached hydrogens (tertiary/aromatic N) is 3. The van der Waals surface area contributed by atoms with E-state index in [2.05, 4.69) is 40.1 Å². The highest BCUT2D eigenvalue weighted by molar-refractivity contribution is 6.01. The monoisotopic (exact) mass is 441 g/mol. The Morgan fingerprint density at radius 3 is 2.18 bits per heavy atom. The number of benzene rings is 3. The number of carbonyl (C=O) groups excluding carboxylic acids is 1. The van der Waals surface area contributed by atoms with Crippen LogP contribution in [0.1, 0.15) is 27.9 Å². The molecule has 3 aromatic rings. The van der Waals surface area contributed by atoms with E-state index in [9.17, 15) is 4.79 Å². The predicted molar refractivity (Wildman–Crippen MR) is 133 cm³/mol. The van der Waals surface area contributed by atoms with E-state index in [1.165, 1.54) is 12.7 Å². The zero-order valence-electron chi connectivity index (χ0n) is 19.2. The molecule has 4 rings (SSSR count). The first-order valence-corrected chi connectivity index (χ1v) is 11.6. The fourth-order valence-corrected chi connectivity index (χ4v) is 4.15. The topological polar surface area (TPSA) is 45.1 Å². The first kappa shape index (κ1) is 22.7. The van der Waals surface area contributed by atoms with Gasteiger partial charge in [-0.1, -0.05) is 60.7 Å². The van der Waals surface area contributed by atoms with Crippen LogP contribution in [0.2, 0.25) is 0 Å². The van der Waals surface area contributed by atoms with E-state index < -0.39 is 0 Å². The molecule has 0 bridgehead atoms. The van der Waals surface area contributed by atoms with Crippen LogP contribution in [-0.4, -0.2) is 61.4 Å². The molecule has 5 heteroatoms. The molecule has 1 saturated heterocycles. The molecule has 0 unspecified atom stereocenters. The minimum absolute atomic E-state index is 0.327. The molecule has 0 N–H and O–H groups in total. The number of esters is 1. The standard InChI is InChI=1S/C28H31N3O2/c1-33-28(32)25-15-13-24(14-16-25)27(29-26-11-6-3-7-12-26)31-19-8-18-30(21-22-31)20-17-23-9-4-2-5-10-23/h2-7,9-16H,8,17-22H2,1H3/b29-27+. The third-order valence-corrected chi connectivity index (χ3v) is 6.00. The molecule has 0 spiro atoms. The lowest BCUT2D eigenvalue weighted by Gasteiger charge is -2.25. The van der Waals surface area contributed by atoms with Crippen LogP contribution in [0.5, 0.6) is 0 Å². The van der Waals surface area contributed by atoms with Crippen molar-refractivity contribution < 1.29 is 9.53 Å². The van der Waals surface area contributed by atoms with Crippen molar-refractivity contribution in [1.82, 2.24) is 9.80 Å². The Hall–Kier alpha value is -3.44. The van der Waals surface area contributed by atoms with Crippen LogP contribution < -0.4 is 0 Å². The summed E-state index contributed by atoms with van der Waals surface area (Å²) in [4.78, 5) is 21.8. The summed E-state index contributed by atoms with van der Waals surface area (Å²) in [7, 11) is 1.40. The van der Waals surface area contributed by atoms with Gasteiger partial charge in [-0.05, 0) is 49.2 Å². The second-order valence-corrected chi connectivity index (χ2v) is 8.26. The van der Waals surface area contributed by atoms with Crippen LogP contribution >= 0.6 is 0 Å². The van der Waals surface area contributed by atoms with Gasteiger partial charge in [0.2, 0.25) is 0 Å². The second-order valence-electron chi connectivity index (χ2n) is 8.26. The summed E-state index contributed by atoms with van der Waals surface area (Å²) >= 11 is 0. The summed E-state index contributed by atoms with van der Waals surface area (Å²) < 4.78 is 4.85. The van der Waals surface area contributed by atoms with E-state index in [0.717, 1.165) is 62.7 Å². The maximum atomic E-state index is 11.9. The first-order valence-electron chi connectivity index (χ1n) is 11.6. The van der Waals surface area contributed by atoms with E-state index in [1.807, 2.05) is 54.6 Å². The van der Waals surface area contributed by atoms with E-state index in [1.54, 1.807) is 0 Å². The SMILES string of the molecule is COC(=O)c1ccc(/C(=N\c2ccccc2)N2CCCN(CCc3ccccc3)CC2)cc1. The number of methoxy groups -OCH3 is 1. The summed E-state index contributed by atoms with van der Waals surface area (Å²) in [5, 5.41) is 0. The number of aliphatic imine (C=N–C) groups is 1.